The van der Waals surface area contributed by atoms with Crippen LogP contribution < -0.4 is 0 Å². The van der Waals surface area contributed by atoms with Gasteiger partial charge in [0.15, 0.2) is 0 Å². The summed E-state index contributed by atoms with van der Waals surface area (Å²) in [5, 5.41) is 19.8. The molecule has 2 aromatic rings. The highest BCUT2D eigenvalue weighted by Crippen LogP contribution is 2.37. The van der Waals surface area contributed by atoms with Gasteiger partial charge in [-0.15, -0.1) is 11.8 Å². The molecule has 6 nitrogen and oxygen atoms in total. The first-order valence-electron chi connectivity index (χ1n) is 5.42. The van der Waals surface area contributed by atoms with Gasteiger partial charge >= 0.3 is 11.7 Å². The predicted octanol–water partition coefficient (Wildman–Crippen LogP) is 2.71. The molecular formula is C12H10N2O4S. The average molecular weight is 278 g/mol. The maximum Gasteiger partial charge on any atom is 0.316 e. The van der Waals surface area contributed by atoms with Crippen LogP contribution in [0, 0.1) is 10.1 Å². The van der Waals surface area contributed by atoms with E-state index in [4.69, 9.17) is 5.11 Å². The van der Waals surface area contributed by atoms with Gasteiger partial charge < -0.3 is 5.11 Å². The van der Waals surface area contributed by atoms with Gasteiger partial charge in [0.05, 0.1) is 15.3 Å². The SMILES string of the molecule is CC(Sc1c([N+](=O)[O-])cnc2ccccc12)C(=O)O. The van der Waals surface area contributed by atoms with Crippen LogP contribution in [0.1, 0.15) is 6.92 Å². The Kier molecular flexibility index (Phi) is 3.66. The number of aliphatic carboxylic acids is 1. The Hall–Kier alpha value is -2.15. The van der Waals surface area contributed by atoms with Crippen LogP contribution in [0.25, 0.3) is 10.9 Å². The molecule has 0 spiro atoms. The molecule has 0 aliphatic heterocycles. The fourth-order valence-electron chi connectivity index (χ4n) is 1.59. The van der Waals surface area contributed by atoms with E-state index in [1.165, 1.54) is 13.1 Å². The zero-order valence-corrected chi connectivity index (χ0v) is 10.8. The van der Waals surface area contributed by atoms with Crippen LogP contribution in [0.5, 0.6) is 0 Å². The lowest BCUT2D eigenvalue weighted by Gasteiger charge is -2.09. The third kappa shape index (κ3) is 2.65. The molecule has 0 saturated heterocycles. The molecule has 19 heavy (non-hydrogen) atoms. The van der Waals surface area contributed by atoms with E-state index >= 15 is 0 Å². The van der Waals surface area contributed by atoms with Crippen LogP contribution in [-0.4, -0.2) is 26.2 Å². The summed E-state index contributed by atoms with van der Waals surface area (Å²) in [4.78, 5) is 25.7. The molecule has 0 saturated carbocycles. The minimum absolute atomic E-state index is 0.170. The second-order valence-corrected chi connectivity index (χ2v) is 5.20. The quantitative estimate of drug-likeness (QED) is 0.525. The summed E-state index contributed by atoms with van der Waals surface area (Å²) in [6.07, 6.45) is 1.17. The number of nitro groups is 1. The molecular weight excluding hydrogens is 268 g/mol. The van der Waals surface area contributed by atoms with E-state index in [0.29, 0.717) is 15.8 Å². The van der Waals surface area contributed by atoms with Crippen molar-refractivity contribution in [1.29, 1.82) is 0 Å². The van der Waals surface area contributed by atoms with Gasteiger partial charge in [-0.1, -0.05) is 18.2 Å². The van der Waals surface area contributed by atoms with Gasteiger partial charge in [-0.05, 0) is 13.0 Å². The molecule has 2 rings (SSSR count). The van der Waals surface area contributed by atoms with Crippen LogP contribution in [0.15, 0.2) is 35.4 Å². The number of pyridine rings is 1. The molecule has 98 valence electrons. The molecule has 0 aliphatic rings. The predicted molar refractivity (Wildman–Crippen MR) is 71.4 cm³/mol. The molecule has 1 unspecified atom stereocenters. The second-order valence-electron chi connectivity index (χ2n) is 3.85. The second kappa shape index (κ2) is 5.23. The van der Waals surface area contributed by atoms with Crippen LogP contribution in [-0.2, 0) is 4.79 Å². The number of para-hydroxylation sites is 1. The normalized spacial score (nSPS) is 12.3. The van der Waals surface area contributed by atoms with Crippen LogP contribution in [0.4, 0.5) is 5.69 Å². The minimum Gasteiger partial charge on any atom is -0.480 e. The molecule has 0 radical (unpaired) electrons. The summed E-state index contributed by atoms with van der Waals surface area (Å²) >= 11 is 0.955. The van der Waals surface area contributed by atoms with E-state index in [1.807, 2.05) is 0 Å². The lowest BCUT2D eigenvalue weighted by atomic mass is 10.2. The Morgan fingerprint density at radius 1 is 1.47 bits per heavy atom. The third-order valence-electron chi connectivity index (χ3n) is 2.55. The zero-order chi connectivity index (χ0) is 14.0. The standard InChI is InChI=1S/C12H10N2O4S/c1-7(12(15)16)19-11-8-4-2-3-5-9(8)13-6-10(11)14(17)18/h2-7H,1H3,(H,15,16). The van der Waals surface area contributed by atoms with Crippen molar-refractivity contribution in [2.75, 3.05) is 0 Å². The van der Waals surface area contributed by atoms with Gasteiger partial charge in [0, 0.05) is 5.39 Å². The number of hydrogen-bond donors (Lipinski definition) is 1. The highest BCUT2D eigenvalue weighted by molar-refractivity contribution is 8.01. The Morgan fingerprint density at radius 2 is 2.16 bits per heavy atom. The number of nitrogens with zero attached hydrogens (tertiary/aromatic N) is 2. The summed E-state index contributed by atoms with van der Waals surface area (Å²) in [5.74, 6) is -1.01. The first-order chi connectivity index (χ1) is 9.00. The van der Waals surface area contributed by atoms with Crippen molar-refractivity contribution in [3.05, 3.63) is 40.6 Å². The molecule has 1 heterocycles. The van der Waals surface area contributed by atoms with Gasteiger partial charge in [-0.3, -0.25) is 14.9 Å². The summed E-state index contributed by atoms with van der Waals surface area (Å²) in [5.41, 5.74) is 0.435. The van der Waals surface area contributed by atoms with E-state index in [2.05, 4.69) is 4.98 Å². The lowest BCUT2D eigenvalue weighted by Crippen LogP contribution is -2.11. The number of benzene rings is 1. The van der Waals surface area contributed by atoms with Crippen LogP contribution >= 0.6 is 11.8 Å². The molecule has 0 amide bonds. The maximum atomic E-state index is 11.0. The average Bonchev–Trinajstić information content (AvgIpc) is 2.38. The van der Waals surface area contributed by atoms with Crippen molar-refractivity contribution in [3.63, 3.8) is 0 Å². The molecule has 0 fully saturated rings. The summed E-state index contributed by atoms with van der Waals surface area (Å²) < 4.78 is 0. The Labute approximate surface area is 112 Å². The summed E-state index contributed by atoms with van der Waals surface area (Å²) in [6.45, 7) is 1.49. The molecule has 0 aliphatic carbocycles. The Balaban J connectivity index is 2.62. The van der Waals surface area contributed by atoms with Crippen molar-refractivity contribution in [3.8, 4) is 0 Å². The highest BCUT2D eigenvalue weighted by atomic mass is 32.2. The molecule has 1 aromatic heterocycles. The molecule has 1 aromatic carbocycles. The maximum absolute atomic E-state index is 11.0. The number of aromatic nitrogens is 1. The van der Waals surface area contributed by atoms with Gasteiger partial charge in [0.25, 0.3) is 0 Å². The van der Waals surface area contributed by atoms with Crippen LogP contribution in [0.2, 0.25) is 0 Å². The first kappa shape index (κ1) is 13.3. The number of carboxylic acid groups (broad SMARTS) is 1. The number of carbonyl (C=O) groups is 1. The van der Waals surface area contributed by atoms with Gasteiger partial charge in [-0.2, -0.15) is 0 Å². The highest BCUT2D eigenvalue weighted by Gasteiger charge is 2.23. The Morgan fingerprint density at radius 3 is 2.79 bits per heavy atom. The van der Waals surface area contributed by atoms with E-state index in [0.717, 1.165) is 11.8 Å². The van der Waals surface area contributed by atoms with Crippen molar-refractivity contribution >= 4 is 34.3 Å². The van der Waals surface area contributed by atoms with Crippen molar-refractivity contribution in [1.82, 2.24) is 4.98 Å². The zero-order valence-electron chi connectivity index (χ0n) is 9.94. The van der Waals surface area contributed by atoms with Gasteiger partial charge in [0.1, 0.15) is 11.4 Å². The molecule has 7 heteroatoms. The van der Waals surface area contributed by atoms with E-state index in [1.54, 1.807) is 24.3 Å². The monoisotopic (exact) mass is 278 g/mol. The topological polar surface area (TPSA) is 93.3 Å². The van der Waals surface area contributed by atoms with Gasteiger partial charge in [0.2, 0.25) is 0 Å². The van der Waals surface area contributed by atoms with E-state index < -0.39 is 16.1 Å². The van der Waals surface area contributed by atoms with Crippen molar-refractivity contribution in [2.45, 2.75) is 17.1 Å². The third-order valence-corrected chi connectivity index (χ3v) is 3.77. The molecule has 1 atom stereocenters. The number of fused-ring (bicyclic) bond motifs is 1. The van der Waals surface area contributed by atoms with Crippen molar-refractivity contribution < 1.29 is 14.8 Å². The summed E-state index contributed by atoms with van der Waals surface area (Å²) in [6, 6.07) is 6.94. The number of thioether (sulfide) groups is 1. The lowest BCUT2D eigenvalue weighted by molar-refractivity contribution is -0.387. The molecule has 0 bridgehead atoms. The number of rotatable bonds is 4. The van der Waals surface area contributed by atoms with Crippen LogP contribution in [0.3, 0.4) is 0 Å². The Bertz CT molecular complexity index is 659. The minimum atomic E-state index is -1.01. The summed E-state index contributed by atoms with van der Waals surface area (Å²) in [7, 11) is 0. The smallest absolute Gasteiger partial charge is 0.316 e. The van der Waals surface area contributed by atoms with E-state index in [9.17, 15) is 14.9 Å². The van der Waals surface area contributed by atoms with E-state index in [-0.39, 0.29) is 5.69 Å². The number of hydrogen-bond acceptors (Lipinski definition) is 5. The first-order valence-corrected chi connectivity index (χ1v) is 6.30. The fourth-order valence-corrected chi connectivity index (χ4v) is 2.59. The molecule has 1 N–H and O–H groups in total. The number of carboxylic acids is 1. The van der Waals surface area contributed by atoms with Gasteiger partial charge in [-0.25, -0.2) is 4.98 Å². The fraction of sp³-hybridized carbons (Fsp3) is 0.167. The van der Waals surface area contributed by atoms with Crippen molar-refractivity contribution in [2.24, 2.45) is 0 Å². The largest absolute Gasteiger partial charge is 0.480 e.